The van der Waals surface area contributed by atoms with Crippen molar-refractivity contribution in [2.24, 2.45) is 5.41 Å². The van der Waals surface area contributed by atoms with Gasteiger partial charge in [0, 0.05) is 18.8 Å². The lowest BCUT2D eigenvalue weighted by Gasteiger charge is -2.43. The molecule has 0 aliphatic carbocycles. The maximum Gasteiger partial charge on any atom is 0.257 e. The second-order valence-corrected chi connectivity index (χ2v) is 8.46. The second-order valence-electron chi connectivity index (χ2n) is 8.46. The summed E-state index contributed by atoms with van der Waals surface area (Å²) in [5.41, 5.74) is 3.13. The summed E-state index contributed by atoms with van der Waals surface area (Å²) in [5, 5.41) is 4.28. The highest BCUT2D eigenvalue weighted by atomic mass is 16.5. The highest BCUT2D eigenvalue weighted by Crippen LogP contribution is 2.34. The molecule has 2 aromatic heterocycles. The lowest BCUT2D eigenvalue weighted by Crippen LogP contribution is -2.51. The summed E-state index contributed by atoms with van der Waals surface area (Å²) in [6.45, 7) is 9.43. The molecular weight excluding hydrogens is 352 g/mol. The topological polar surface area (TPSA) is 59.7 Å². The van der Waals surface area contributed by atoms with Crippen molar-refractivity contribution in [3.8, 4) is 0 Å². The number of morpholine rings is 1. The molecule has 3 aromatic rings. The molecule has 4 rings (SSSR count). The molecule has 1 amide bonds. The molecule has 0 bridgehead atoms. The average molecular weight is 378 g/mol. The van der Waals surface area contributed by atoms with Crippen LogP contribution in [0, 0.1) is 12.3 Å². The van der Waals surface area contributed by atoms with Crippen LogP contribution in [0.2, 0.25) is 0 Å². The molecule has 146 valence electrons. The Labute approximate surface area is 165 Å². The van der Waals surface area contributed by atoms with E-state index < -0.39 is 0 Å². The van der Waals surface area contributed by atoms with Crippen LogP contribution < -0.4 is 0 Å². The van der Waals surface area contributed by atoms with Crippen molar-refractivity contribution in [3.05, 3.63) is 65.6 Å². The molecule has 6 nitrogen and oxygen atoms in total. The second kappa shape index (κ2) is 7.02. The largest absolute Gasteiger partial charge is 0.366 e. The third-order valence-electron chi connectivity index (χ3n) is 5.41. The average Bonchev–Trinajstić information content (AvgIpc) is 3.17. The van der Waals surface area contributed by atoms with Crippen molar-refractivity contribution in [1.82, 2.24) is 19.5 Å². The molecular formula is C22H26N4O2. The number of aryl methyl sites for hydroxylation is 1. The van der Waals surface area contributed by atoms with Crippen LogP contribution in [0.1, 0.15) is 48.5 Å². The van der Waals surface area contributed by atoms with Crippen molar-refractivity contribution < 1.29 is 9.53 Å². The van der Waals surface area contributed by atoms with E-state index in [2.05, 4.69) is 43.0 Å². The lowest BCUT2D eigenvalue weighted by molar-refractivity contribution is -0.119. The van der Waals surface area contributed by atoms with Crippen molar-refractivity contribution in [3.63, 3.8) is 0 Å². The molecule has 28 heavy (non-hydrogen) atoms. The fourth-order valence-electron chi connectivity index (χ4n) is 3.63. The third-order valence-corrected chi connectivity index (χ3v) is 5.41. The van der Waals surface area contributed by atoms with Crippen LogP contribution in [0.4, 0.5) is 0 Å². The Hall–Kier alpha value is -2.73. The maximum absolute atomic E-state index is 13.4. The highest BCUT2D eigenvalue weighted by molar-refractivity contribution is 5.95. The van der Waals surface area contributed by atoms with Crippen LogP contribution in [0.15, 0.2) is 48.8 Å². The molecule has 1 fully saturated rings. The Balaban J connectivity index is 1.68. The zero-order valence-corrected chi connectivity index (χ0v) is 16.8. The molecule has 0 saturated carbocycles. The molecule has 6 heteroatoms. The Bertz CT molecular complexity index is 991. The summed E-state index contributed by atoms with van der Waals surface area (Å²) >= 11 is 0. The SMILES string of the molecule is Cc1c(C(=O)N2C[C@@H](c3ccccc3)O[C@@H](C(C)(C)C)C2)cnc2ccnn12. The zero-order valence-electron chi connectivity index (χ0n) is 16.8. The summed E-state index contributed by atoms with van der Waals surface area (Å²) in [6.07, 6.45) is 3.15. The number of hydrogen-bond donors (Lipinski definition) is 0. The molecule has 0 spiro atoms. The molecule has 1 aliphatic rings. The van der Waals surface area contributed by atoms with E-state index in [0.717, 1.165) is 16.9 Å². The number of rotatable bonds is 2. The van der Waals surface area contributed by atoms with Crippen LogP contribution in [-0.2, 0) is 4.74 Å². The fourth-order valence-corrected chi connectivity index (χ4v) is 3.63. The first-order valence-corrected chi connectivity index (χ1v) is 9.63. The minimum atomic E-state index is -0.148. The quantitative estimate of drug-likeness (QED) is 0.683. The number of carbonyl (C=O) groups excluding carboxylic acids is 1. The first-order valence-electron chi connectivity index (χ1n) is 9.63. The fraction of sp³-hybridized carbons (Fsp3) is 0.409. The van der Waals surface area contributed by atoms with Gasteiger partial charge in [0.25, 0.3) is 5.91 Å². The van der Waals surface area contributed by atoms with E-state index in [1.807, 2.05) is 36.1 Å². The normalized spacial score (nSPS) is 20.5. The van der Waals surface area contributed by atoms with Crippen LogP contribution in [0.25, 0.3) is 5.65 Å². The molecule has 0 radical (unpaired) electrons. The van der Waals surface area contributed by atoms with Crippen LogP contribution in [0.5, 0.6) is 0 Å². The van der Waals surface area contributed by atoms with Gasteiger partial charge in [0.05, 0.1) is 30.1 Å². The van der Waals surface area contributed by atoms with Crippen LogP contribution >= 0.6 is 0 Å². The van der Waals surface area contributed by atoms with Gasteiger partial charge in [-0.3, -0.25) is 4.79 Å². The van der Waals surface area contributed by atoms with Gasteiger partial charge in [-0.05, 0) is 17.9 Å². The van der Waals surface area contributed by atoms with E-state index in [0.29, 0.717) is 18.7 Å². The number of nitrogens with zero attached hydrogens (tertiary/aromatic N) is 4. The van der Waals surface area contributed by atoms with Gasteiger partial charge in [-0.2, -0.15) is 5.10 Å². The number of ether oxygens (including phenoxy) is 1. The van der Waals surface area contributed by atoms with Gasteiger partial charge in [0.2, 0.25) is 0 Å². The van der Waals surface area contributed by atoms with Gasteiger partial charge in [-0.1, -0.05) is 51.1 Å². The molecule has 3 heterocycles. The molecule has 1 saturated heterocycles. The minimum Gasteiger partial charge on any atom is -0.366 e. The number of fused-ring (bicyclic) bond motifs is 1. The molecule has 1 aliphatic heterocycles. The number of hydrogen-bond acceptors (Lipinski definition) is 4. The summed E-state index contributed by atoms with van der Waals surface area (Å²) in [6, 6.07) is 11.9. The van der Waals surface area contributed by atoms with Gasteiger partial charge >= 0.3 is 0 Å². The monoisotopic (exact) mass is 378 g/mol. The highest BCUT2D eigenvalue weighted by Gasteiger charge is 2.38. The van der Waals surface area contributed by atoms with Crippen molar-refractivity contribution in [2.45, 2.75) is 39.9 Å². The maximum atomic E-state index is 13.4. The van der Waals surface area contributed by atoms with E-state index >= 15 is 0 Å². The Morgan fingerprint density at radius 3 is 2.61 bits per heavy atom. The predicted octanol–water partition coefficient (Wildman–Crippen LogP) is 3.67. The van der Waals surface area contributed by atoms with E-state index in [4.69, 9.17) is 4.74 Å². The smallest absolute Gasteiger partial charge is 0.257 e. The predicted molar refractivity (Wildman–Crippen MR) is 107 cm³/mol. The van der Waals surface area contributed by atoms with Gasteiger partial charge < -0.3 is 9.64 Å². The number of amides is 1. The third kappa shape index (κ3) is 3.40. The first-order chi connectivity index (χ1) is 13.3. The first kappa shape index (κ1) is 18.6. The molecule has 0 N–H and O–H groups in total. The summed E-state index contributed by atoms with van der Waals surface area (Å²) in [5.74, 6) is -0.0270. The molecule has 2 atom stereocenters. The molecule has 0 unspecified atom stereocenters. The van der Waals surface area contributed by atoms with Crippen molar-refractivity contribution in [1.29, 1.82) is 0 Å². The Morgan fingerprint density at radius 2 is 1.89 bits per heavy atom. The van der Waals surface area contributed by atoms with E-state index in [1.54, 1.807) is 16.9 Å². The summed E-state index contributed by atoms with van der Waals surface area (Å²) in [7, 11) is 0. The van der Waals surface area contributed by atoms with Crippen molar-refractivity contribution in [2.75, 3.05) is 13.1 Å². The zero-order chi connectivity index (χ0) is 19.9. The minimum absolute atomic E-state index is 0.0270. The number of carbonyl (C=O) groups is 1. The van der Waals surface area contributed by atoms with Crippen molar-refractivity contribution >= 4 is 11.6 Å². The van der Waals surface area contributed by atoms with E-state index in [1.165, 1.54) is 0 Å². The Morgan fingerprint density at radius 1 is 1.14 bits per heavy atom. The number of benzene rings is 1. The van der Waals surface area contributed by atoms with Gasteiger partial charge in [0.15, 0.2) is 5.65 Å². The van der Waals surface area contributed by atoms with E-state index in [-0.39, 0.29) is 23.5 Å². The van der Waals surface area contributed by atoms with Crippen LogP contribution in [-0.4, -0.2) is 44.6 Å². The standard InChI is InChI=1S/C22H26N4O2/c1-15-17(12-23-20-10-11-24-26(15)20)21(27)25-13-18(16-8-6-5-7-9-16)28-19(14-25)22(2,3)4/h5-12,18-19H,13-14H2,1-4H3/t18-,19+/m0/s1. The van der Waals surface area contributed by atoms with E-state index in [9.17, 15) is 4.79 Å². The lowest BCUT2D eigenvalue weighted by atomic mass is 9.87. The summed E-state index contributed by atoms with van der Waals surface area (Å²) < 4.78 is 8.13. The molecule has 1 aromatic carbocycles. The van der Waals surface area contributed by atoms with Gasteiger partial charge in [-0.15, -0.1) is 0 Å². The van der Waals surface area contributed by atoms with Gasteiger partial charge in [0.1, 0.15) is 6.10 Å². The summed E-state index contributed by atoms with van der Waals surface area (Å²) in [4.78, 5) is 19.7. The Kier molecular flexibility index (Phi) is 4.67. The number of aromatic nitrogens is 3. The van der Waals surface area contributed by atoms with Crippen LogP contribution in [0.3, 0.4) is 0 Å². The van der Waals surface area contributed by atoms with Gasteiger partial charge in [-0.25, -0.2) is 9.50 Å².